The molecule has 27 heavy (non-hydrogen) atoms. The maximum Gasteiger partial charge on any atom is 0.322 e. The van der Waals surface area contributed by atoms with Crippen molar-refractivity contribution in [2.75, 3.05) is 36.4 Å². The van der Waals surface area contributed by atoms with Crippen LogP contribution in [0.2, 0.25) is 0 Å². The number of hydrogen-bond donors (Lipinski definition) is 1. The molecule has 0 atom stereocenters. The largest absolute Gasteiger partial charge is 0.368 e. The lowest BCUT2D eigenvalue weighted by Gasteiger charge is -2.36. The highest BCUT2D eigenvalue weighted by Crippen LogP contribution is 2.23. The van der Waals surface area contributed by atoms with Crippen molar-refractivity contribution in [1.29, 1.82) is 0 Å². The van der Waals surface area contributed by atoms with E-state index < -0.39 is 0 Å². The molecule has 0 aliphatic carbocycles. The Morgan fingerprint density at radius 2 is 1.74 bits per heavy atom. The second-order valence-electron chi connectivity index (χ2n) is 7.05. The number of amides is 2. The molecule has 0 bridgehead atoms. The van der Waals surface area contributed by atoms with E-state index in [0.29, 0.717) is 13.1 Å². The zero-order valence-corrected chi connectivity index (χ0v) is 15.8. The second kappa shape index (κ2) is 7.27. The van der Waals surface area contributed by atoms with E-state index in [-0.39, 0.29) is 6.03 Å². The number of carbonyl (C=O) groups excluding carboxylic acids is 1. The lowest BCUT2D eigenvalue weighted by Crippen LogP contribution is -2.50. The zero-order valence-electron chi connectivity index (χ0n) is 15.8. The Kier molecular flexibility index (Phi) is 4.67. The molecule has 138 valence electrons. The highest BCUT2D eigenvalue weighted by molar-refractivity contribution is 5.99. The second-order valence-corrected chi connectivity index (χ2v) is 7.05. The maximum atomic E-state index is 12.7. The van der Waals surface area contributed by atoms with E-state index in [4.69, 9.17) is 0 Å². The van der Waals surface area contributed by atoms with E-state index >= 15 is 0 Å². The molecule has 1 saturated heterocycles. The topological polar surface area (TPSA) is 48.5 Å². The summed E-state index contributed by atoms with van der Waals surface area (Å²) in [5, 5.41) is 4.05. The molecule has 0 saturated carbocycles. The van der Waals surface area contributed by atoms with Crippen molar-refractivity contribution >= 4 is 28.3 Å². The highest BCUT2D eigenvalue weighted by atomic mass is 16.2. The van der Waals surface area contributed by atoms with Crippen molar-refractivity contribution in [3.05, 3.63) is 65.9 Å². The monoisotopic (exact) mass is 360 g/mol. The summed E-state index contributed by atoms with van der Waals surface area (Å²) in [5.41, 5.74) is 5.42. The van der Waals surface area contributed by atoms with Crippen LogP contribution in [0.25, 0.3) is 10.9 Å². The Bertz CT molecular complexity index is 972. The van der Waals surface area contributed by atoms with Crippen LogP contribution >= 0.6 is 0 Å². The number of nitrogens with zero attached hydrogens (tertiary/aromatic N) is 3. The average Bonchev–Trinajstić information content (AvgIpc) is 2.70. The summed E-state index contributed by atoms with van der Waals surface area (Å²) in [6, 6.07) is 16.2. The third kappa shape index (κ3) is 3.58. The van der Waals surface area contributed by atoms with E-state index in [0.717, 1.165) is 29.7 Å². The van der Waals surface area contributed by atoms with E-state index in [1.165, 1.54) is 16.8 Å². The maximum absolute atomic E-state index is 12.7. The quantitative estimate of drug-likeness (QED) is 0.745. The summed E-state index contributed by atoms with van der Waals surface area (Å²) in [6.07, 6.45) is 1.75. The molecule has 1 fully saturated rings. The SMILES string of the molecule is Cc1ccc(N2CCN(C(=O)Nc3cccc4cccnc34)CC2)cc1C. The van der Waals surface area contributed by atoms with E-state index in [1.54, 1.807) is 6.20 Å². The minimum absolute atomic E-state index is 0.0621. The molecule has 5 heteroatoms. The van der Waals surface area contributed by atoms with Crippen molar-refractivity contribution in [2.24, 2.45) is 0 Å². The van der Waals surface area contributed by atoms with E-state index in [9.17, 15) is 4.79 Å². The number of pyridine rings is 1. The van der Waals surface area contributed by atoms with Crippen LogP contribution in [0.1, 0.15) is 11.1 Å². The third-order valence-electron chi connectivity index (χ3n) is 5.30. The number of rotatable bonds is 2. The zero-order chi connectivity index (χ0) is 18.8. The number of aromatic nitrogens is 1. The number of urea groups is 1. The third-order valence-corrected chi connectivity index (χ3v) is 5.30. The number of fused-ring (bicyclic) bond motifs is 1. The number of piperazine rings is 1. The number of hydrogen-bond acceptors (Lipinski definition) is 3. The van der Waals surface area contributed by atoms with Crippen molar-refractivity contribution in [1.82, 2.24) is 9.88 Å². The number of benzene rings is 2. The van der Waals surface area contributed by atoms with Gasteiger partial charge in [0.15, 0.2) is 0 Å². The van der Waals surface area contributed by atoms with Crippen molar-refractivity contribution < 1.29 is 4.79 Å². The first-order valence-corrected chi connectivity index (χ1v) is 9.34. The van der Waals surface area contributed by atoms with E-state index in [2.05, 4.69) is 47.2 Å². The first-order valence-electron chi connectivity index (χ1n) is 9.34. The Hall–Kier alpha value is -3.08. The highest BCUT2D eigenvalue weighted by Gasteiger charge is 2.22. The van der Waals surface area contributed by atoms with Gasteiger partial charge in [-0.15, -0.1) is 0 Å². The molecule has 5 nitrogen and oxygen atoms in total. The van der Waals surface area contributed by atoms with Crippen molar-refractivity contribution in [3.8, 4) is 0 Å². The molecule has 0 spiro atoms. The predicted molar refractivity (Wildman–Crippen MR) is 110 cm³/mol. The number of anilines is 2. The van der Waals surface area contributed by atoms with Gasteiger partial charge in [0.05, 0.1) is 11.2 Å². The van der Waals surface area contributed by atoms with Gasteiger partial charge in [0.1, 0.15) is 0 Å². The van der Waals surface area contributed by atoms with E-state index in [1.807, 2.05) is 35.2 Å². The standard InChI is InChI=1S/C22H24N4O/c1-16-8-9-19(15-17(16)2)25-11-13-26(14-12-25)22(27)24-20-7-3-5-18-6-4-10-23-21(18)20/h3-10,15H,11-14H2,1-2H3,(H,24,27). The summed E-state index contributed by atoms with van der Waals surface area (Å²) in [6.45, 7) is 7.35. The molecule has 1 aromatic heterocycles. The molecule has 3 aromatic rings. The summed E-state index contributed by atoms with van der Waals surface area (Å²) < 4.78 is 0. The lowest BCUT2D eigenvalue weighted by molar-refractivity contribution is 0.208. The van der Waals surface area contributed by atoms with Gasteiger partial charge in [0.25, 0.3) is 0 Å². The van der Waals surface area contributed by atoms with Crippen LogP contribution in [-0.4, -0.2) is 42.1 Å². The number of carbonyl (C=O) groups is 1. The van der Waals surface area contributed by atoms with Crippen LogP contribution in [0, 0.1) is 13.8 Å². The molecule has 2 heterocycles. The Labute approximate surface area is 159 Å². The van der Waals surface area contributed by atoms with Gasteiger partial charge in [-0.05, 0) is 49.2 Å². The van der Waals surface area contributed by atoms with Gasteiger partial charge in [-0.2, -0.15) is 0 Å². The minimum Gasteiger partial charge on any atom is -0.368 e. The Morgan fingerprint density at radius 1 is 0.963 bits per heavy atom. The van der Waals surface area contributed by atoms with Crippen LogP contribution in [0.5, 0.6) is 0 Å². The van der Waals surface area contributed by atoms with Gasteiger partial charge in [-0.25, -0.2) is 4.79 Å². The summed E-state index contributed by atoms with van der Waals surface area (Å²) >= 11 is 0. The van der Waals surface area contributed by atoms with Crippen LogP contribution in [0.4, 0.5) is 16.2 Å². The molecule has 1 aliphatic rings. The first kappa shape index (κ1) is 17.3. The molecule has 0 radical (unpaired) electrons. The predicted octanol–water partition coefficient (Wildman–Crippen LogP) is 4.21. The molecular formula is C22H24N4O. The van der Waals surface area contributed by atoms with Gasteiger partial charge in [-0.1, -0.05) is 24.3 Å². The fourth-order valence-corrected chi connectivity index (χ4v) is 3.49. The molecule has 0 unspecified atom stereocenters. The summed E-state index contributed by atoms with van der Waals surface area (Å²) in [5.74, 6) is 0. The fraction of sp³-hybridized carbons (Fsp3) is 0.273. The van der Waals surface area contributed by atoms with Crippen LogP contribution in [0.3, 0.4) is 0 Å². The number of nitrogens with one attached hydrogen (secondary N) is 1. The smallest absolute Gasteiger partial charge is 0.322 e. The summed E-state index contributed by atoms with van der Waals surface area (Å²) in [7, 11) is 0. The number of para-hydroxylation sites is 1. The van der Waals surface area contributed by atoms with Crippen molar-refractivity contribution in [2.45, 2.75) is 13.8 Å². The van der Waals surface area contributed by atoms with Gasteiger partial charge in [0.2, 0.25) is 0 Å². The van der Waals surface area contributed by atoms with Crippen LogP contribution < -0.4 is 10.2 Å². The molecule has 1 aliphatic heterocycles. The Balaban J connectivity index is 1.42. The molecule has 2 aromatic carbocycles. The van der Waals surface area contributed by atoms with Gasteiger partial charge in [0, 0.05) is 43.4 Å². The fourth-order valence-electron chi connectivity index (χ4n) is 3.49. The minimum atomic E-state index is -0.0621. The molecule has 2 amide bonds. The van der Waals surface area contributed by atoms with Crippen LogP contribution in [-0.2, 0) is 0 Å². The van der Waals surface area contributed by atoms with Gasteiger partial charge in [-0.3, -0.25) is 4.98 Å². The van der Waals surface area contributed by atoms with Gasteiger partial charge < -0.3 is 15.1 Å². The number of aryl methyl sites for hydroxylation is 2. The first-order chi connectivity index (χ1) is 13.1. The molecular weight excluding hydrogens is 336 g/mol. The lowest BCUT2D eigenvalue weighted by atomic mass is 10.1. The molecule has 4 rings (SSSR count). The normalized spacial score (nSPS) is 14.4. The Morgan fingerprint density at radius 3 is 2.52 bits per heavy atom. The van der Waals surface area contributed by atoms with Crippen LogP contribution in [0.15, 0.2) is 54.7 Å². The van der Waals surface area contributed by atoms with Crippen molar-refractivity contribution in [3.63, 3.8) is 0 Å². The van der Waals surface area contributed by atoms with Gasteiger partial charge >= 0.3 is 6.03 Å². The average molecular weight is 360 g/mol. The summed E-state index contributed by atoms with van der Waals surface area (Å²) in [4.78, 5) is 21.3. The molecule has 1 N–H and O–H groups in total.